The van der Waals surface area contributed by atoms with Gasteiger partial charge in [-0.15, -0.1) is 0 Å². The Morgan fingerprint density at radius 2 is 1.78 bits per heavy atom. The van der Waals surface area contributed by atoms with Gasteiger partial charge in [-0.25, -0.2) is 8.96 Å². The van der Waals surface area contributed by atoms with Crippen molar-refractivity contribution in [3.63, 3.8) is 0 Å². The molecule has 100 valence electrons. The second-order valence-electron chi connectivity index (χ2n) is 3.21. The van der Waals surface area contributed by atoms with E-state index >= 15 is 0 Å². The van der Waals surface area contributed by atoms with Crippen molar-refractivity contribution in [2.45, 2.75) is 13.8 Å². The molecule has 0 unspecified atom stereocenters. The zero-order valence-electron chi connectivity index (χ0n) is 10.3. The summed E-state index contributed by atoms with van der Waals surface area (Å²) in [6.07, 6.45) is 0.236. The van der Waals surface area contributed by atoms with Crippen molar-refractivity contribution in [2.75, 3.05) is 13.2 Å². The highest BCUT2D eigenvalue weighted by atomic mass is 31.2. The number of hydrogen-bond donors (Lipinski definition) is 0. The van der Waals surface area contributed by atoms with E-state index in [1.807, 2.05) is 0 Å². The molecule has 6 heteroatoms. The van der Waals surface area contributed by atoms with Crippen LogP contribution in [0, 0.1) is 0 Å². The average Bonchev–Trinajstić information content (AvgIpc) is 2.38. The summed E-state index contributed by atoms with van der Waals surface area (Å²) in [5, 5.41) is 0. The van der Waals surface area contributed by atoms with Gasteiger partial charge >= 0.3 is 7.82 Å². The molecule has 1 aromatic rings. The maximum Gasteiger partial charge on any atom is 0.530 e. The van der Waals surface area contributed by atoms with E-state index in [0.29, 0.717) is 5.56 Å². The number of benzene rings is 1. The van der Waals surface area contributed by atoms with Crippen molar-refractivity contribution in [2.24, 2.45) is 0 Å². The quantitative estimate of drug-likeness (QED) is 0.553. The second kappa shape index (κ2) is 7.31. The molecule has 0 aromatic heterocycles. The summed E-state index contributed by atoms with van der Waals surface area (Å²) in [5.41, 5.74) is 0.458. The summed E-state index contributed by atoms with van der Waals surface area (Å²) in [6.45, 7) is 3.59. The van der Waals surface area contributed by atoms with E-state index < -0.39 is 7.82 Å². The normalized spacial score (nSPS) is 12.5. The van der Waals surface area contributed by atoms with E-state index in [-0.39, 0.29) is 25.3 Å². The van der Waals surface area contributed by atoms with E-state index in [0.717, 1.165) is 0 Å². The Morgan fingerprint density at radius 3 is 2.22 bits per heavy atom. The lowest BCUT2D eigenvalue weighted by Gasteiger charge is -2.18. The van der Waals surface area contributed by atoms with Crippen LogP contribution in [-0.2, 0) is 18.1 Å². The van der Waals surface area contributed by atoms with Crippen LogP contribution in [0.5, 0.6) is 0 Å². The number of phosphoric acid groups is 1. The third kappa shape index (κ3) is 4.26. The lowest BCUT2D eigenvalue weighted by molar-refractivity contribution is 0.159. The molecule has 0 bridgehead atoms. The highest BCUT2D eigenvalue weighted by molar-refractivity contribution is 7.48. The first-order valence-corrected chi connectivity index (χ1v) is 7.05. The van der Waals surface area contributed by atoms with Crippen molar-refractivity contribution in [3.8, 4) is 0 Å². The molecule has 0 heterocycles. The standard InChI is InChI=1S/C12H16FO4P/c1-3-15-18(14,16-4-2)17-12(10-13)11-8-6-5-7-9-11/h5-10H,3-4H2,1-2H3/b12-10+. The maximum absolute atomic E-state index is 12.8. The van der Waals surface area contributed by atoms with Crippen molar-refractivity contribution >= 4 is 13.6 Å². The number of phosphoric ester groups is 1. The zero-order chi connectivity index (χ0) is 13.4. The summed E-state index contributed by atoms with van der Waals surface area (Å²) >= 11 is 0. The second-order valence-corrected chi connectivity index (χ2v) is 4.81. The van der Waals surface area contributed by atoms with Gasteiger partial charge in [-0.1, -0.05) is 30.3 Å². The molecule has 0 amide bonds. The molecule has 0 saturated heterocycles. The molecule has 1 rings (SSSR count). The lowest BCUT2D eigenvalue weighted by Crippen LogP contribution is -2.00. The predicted molar refractivity (Wildman–Crippen MR) is 67.5 cm³/mol. The van der Waals surface area contributed by atoms with E-state index in [9.17, 15) is 8.96 Å². The Balaban J connectivity index is 2.88. The van der Waals surface area contributed by atoms with Gasteiger partial charge in [-0.3, -0.25) is 9.05 Å². The molecule has 0 N–H and O–H groups in total. The van der Waals surface area contributed by atoms with Gasteiger partial charge in [-0.2, -0.15) is 0 Å². The van der Waals surface area contributed by atoms with Crippen molar-refractivity contribution in [1.82, 2.24) is 0 Å². The predicted octanol–water partition coefficient (Wildman–Crippen LogP) is 4.15. The molecule has 0 fully saturated rings. The van der Waals surface area contributed by atoms with Crippen LogP contribution in [0.15, 0.2) is 36.7 Å². The van der Waals surface area contributed by atoms with Gasteiger partial charge in [0.25, 0.3) is 0 Å². The molecule has 18 heavy (non-hydrogen) atoms. The van der Waals surface area contributed by atoms with Crippen LogP contribution in [0.25, 0.3) is 5.76 Å². The summed E-state index contributed by atoms with van der Waals surface area (Å²) in [7, 11) is -3.77. The highest BCUT2D eigenvalue weighted by Crippen LogP contribution is 2.52. The molecule has 0 aliphatic rings. The largest absolute Gasteiger partial charge is 0.530 e. The van der Waals surface area contributed by atoms with Crippen molar-refractivity contribution in [3.05, 3.63) is 42.2 Å². The van der Waals surface area contributed by atoms with Crippen LogP contribution in [-0.4, -0.2) is 13.2 Å². The number of hydrogen-bond acceptors (Lipinski definition) is 4. The van der Waals surface area contributed by atoms with Gasteiger partial charge in [0.2, 0.25) is 0 Å². The van der Waals surface area contributed by atoms with E-state index in [1.165, 1.54) is 0 Å². The van der Waals surface area contributed by atoms with Crippen LogP contribution in [0.3, 0.4) is 0 Å². The molecule has 0 aliphatic carbocycles. The van der Waals surface area contributed by atoms with Gasteiger partial charge in [0.05, 0.1) is 13.2 Å². The Hall–Kier alpha value is -1.16. The minimum absolute atomic E-state index is 0.144. The third-order valence-corrected chi connectivity index (χ3v) is 3.51. The Labute approximate surface area is 106 Å². The van der Waals surface area contributed by atoms with Gasteiger partial charge < -0.3 is 4.52 Å². The Bertz CT molecular complexity index is 423. The molecular formula is C12H16FO4P. The Kier molecular flexibility index (Phi) is 6.05. The van der Waals surface area contributed by atoms with Crippen molar-refractivity contribution < 1.29 is 22.5 Å². The number of rotatable bonds is 7. The molecule has 0 saturated carbocycles. The third-order valence-electron chi connectivity index (χ3n) is 1.94. The summed E-state index contributed by atoms with van der Waals surface area (Å²) in [4.78, 5) is 0. The van der Waals surface area contributed by atoms with Gasteiger partial charge in [0.1, 0.15) is 6.33 Å². The molecule has 4 nitrogen and oxygen atoms in total. The average molecular weight is 274 g/mol. The first-order valence-electron chi connectivity index (χ1n) is 5.59. The summed E-state index contributed by atoms with van der Waals surface area (Å²) in [5.74, 6) is -0.180. The van der Waals surface area contributed by atoms with Crippen LogP contribution in [0.2, 0.25) is 0 Å². The minimum atomic E-state index is -3.77. The van der Waals surface area contributed by atoms with Crippen LogP contribution in [0.1, 0.15) is 19.4 Å². The lowest BCUT2D eigenvalue weighted by atomic mass is 10.2. The first kappa shape index (κ1) is 14.9. The monoisotopic (exact) mass is 274 g/mol. The molecule has 0 atom stereocenters. The molecule has 0 spiro atoms. The zero-order valence-corrected chi connectivity index (χ0v) is 11.2. The van der Waals surface area contributed by atoms with Gasteiger partial charge in [0.15, 0.2) is 5.76 Å². The Morgan fingerprint density at radius 1 is 1.22 bits per heavy atom. The number of halogens is 1. The van der Waals surface area contributed by atoms with Crippen LogP contribution >= 0.6 is 7.82 Å². The topological polar surface area (TPSA) is 44.8 Å². The minimum Gasteiger partial charge on any atom is -0.401 e. The smallest absolute Gasteiger partial charge is 0.401 e. The molecule has 1 aromatic carbocycles. The molecular weight excluding hydrogens is 258 g/mol. The summed E-state index contributed by atoms with van der Waals surface area (Å²) < 4.78 is 39.8. The highest BCUT2D eigenvalue weighted by Gasteiger charge is 2.28. The fourth-order valence-electron chi connectivity index (χ4n) is 1.26. The molecule has 0 radical (unpaired) electrons. The van der Waals surface area contributed by atoms with Gasteiger partial charge in [0, 0.05) is 5.56 Å². The fraction of sp³-hybridized carbons (Fsp3) is 0.333. The maximum atomic E-state index is 12.8. The first-order chi connectivity index (χ1) is 8.65. The van der Waals surface area contributed by atoms with E-state index in [4.69, 9.17) is 13.6 Å². The summed E-state index contributed by atoms with van der Waals surface area (Å²) in [6, 6.07) is 8.48. The molecule has 0 aliphatic heterocycles. The van der Waals surface area contributed by atoms with Crippen LogP contribution in [0.4, 0.5) is 4.39 Å². The fourth-order valence-corrected chi connectivity index (χ4v) is 2.46. The van der Waals surface area contributed by atoms with Gasteiger partial charge in [-0.05, 0) is 13.8 Å². The van der Waals surface area contributed by atoms with Crippen molar-refractivity contribution in [1.29, 1.82) is 0 Å². The SMILES string of the molecule is CCOP(=O)(OCC)O/C(=C/F)c1ccccc1. The van der Waals surface area contributed by atoms with E-state index in [1.54, 1.807) is 44.2 Å². The van der Waals surface area contributed by atoms with E-state index in [2.05, 4.69) is 0 Å². The van der Waals surface area contributed by atoms with Crippen LogP contribution < -0.4 is 0 Å².